The summed E-state index contributed by atoms with van der Waals surface area (Å²) in [5.74, 6) is 6.44. The molecule has 0 amide bonds. The number of nitrogens with one attached hydrogen (secondary N) is 1. The van der Waals surface area contributed by atoms with Gasteiger partial charge in [-0.05, 0) is 52.9 Å². The molecule has 0 spiro atoms. The molecule has 3 N–H and O–H groups in total. The van der Waals surface area contributed by atoms with Gasteiger partial charge in [0, 0.05) is 0 Å². The van der Waals surface area contributed by atoms with E-state index < -0.39 is 0 Å². The average Bonchev–Trinajstić information content (AvgIpc) is 2.82. The predicted octanol–water partition coefficient (Wildman–Crippen LogP) is 3.57. The van der Waals surface area contributed by atoms with Crippen LogP contribution in [0.25, 0.3) is 0 Å². The van der Waals surface area contributed by atoms with Crippen LogP contribution in [0.4, 0.5) is 0 Å². The Labute approximate surface area is 115 Å². The average molecular weight is 309 g/mol. The Balaban J connectivity index is 1.85. The number of aryl methyl sites for hydroxylation is 1. The monoisotopic (exact) mass is 308 g/mol. The first kappa shape index (κ1) is 13.3. The lowest BCUT2D eigenvalue weighted by atomic mass is 10.0. The molecule has 18 heavy (non-hydrogen) atoms. The van der Waals surface area contributed by atoms with E-state index in [0.29, 0.717) is 0 Å². The molecule has 3 nitrogen and oxygen atoms in total. The van der Waals surface area contributed by atoms with Gasteiger partial charge >= 0.3 is 0 Å². The molecule has 4 heteroatoms. The van der Waals surface area contributed by atoms with Gasteiger partial charge in [-0.2, -0.15) is 0 Å². The highest BCUT2D eigenvalue weighted by molar-refractivity contribution is 9.10. The van der Waals surface area contributed by atoms with E-state index in [4.69, 9.17) is 10.3 Å². The Morgan fingerprint density at radius 3 is 2.56 bits per heavy atom. The maximum Gasteiger partial charge on any atom is 0.169 e. The molecular formula is C14H17BrN2O. The summed E-state index contributed by atoms with van der Waals surface area (Å²) in [6, 6.07) is 14.4. The van der Waals surface area contributed by atoms with Crippen molar-refractivity contribution in [1.29, 1.82) is 0 Å². The zero-order valence-electron chi connectivity index (χ0n) is 10.1. The third kappa shape index (κ3) is 3.70. The van der Waals surface area contributed by atoms with Crippen LogP contribution in [0.2, 0.25) is 0 Å². The van der Waals surface area contributed by atoms with Gasteiger partial charge < -0.3 is 4.42 Å². The van der Waals surface area contributed by atoms with Gasteiger partial charge in [-0.1, -0.05) is 30.3 Å². The molecular weight excluding hydrogens is 292 g/mol. The summed E-state index contributed by atoms with van der Waals surface area (Å²) in [5.41, 5.74) is 4.16. The first-order valence-electron chi connectivity index (χ1n) is 6.05. The lowest BCUT2D eigenvalue weighted by Gasteiger charge is -2.12. The molecule has 1 unspecified atom stereocenters. The Morgan fingerprint density at radius 2 is 1.94 bits per heavy atom. The van der Waals surface area contributed by atoms with Crippen molar-refractivity contribution in [2.45, 2.75) is 25.3 Å². The molecule has 0 bridgehead atoms. The SMILES string of the molecule is NNC(CCCc1ccccc1)c1ccc(Br)o1. The number of furan rings is 1. The fraction of sp³-hybridized carbons (Fsp3) is 0.286. The smallest absolute Gasteiger partial charge is 0.169 e. The van der Waals surface area contributed by atoms with Crippen LogP contribution in [-0.2, 0) is 6.42 Å². The van der Waals surface area contributed by atoms with Crippen LogP contribution < -0.4 is 11.3 Å². The number of nitrogens with two attached hydrogens (primary N) is 1. The molecule has 2 aromatic rings. The van der Waals surface area contributed by atoms with Gasteiger partial charge in [-0.25, -0.2) is 5.43 Å². The lowest BCUT2D eigenvalue weighted by Crippen LogP contribution is -2.27. The highest BCUT2D eigenvalue weighted by Gasteiger charge is 2.13. The number of benzene rings is 1. The summed E-state index contributed by atoms with van der Waals surface area (Å²) < 4.78 is 6.25. The van der Waals surface area contributed by atoms with E-state index in [-0.39, 0.29) is 6.04 Å². The Hall–Kier alpha value is -1.10. The van der Waals surface area contributed by atoms with Gasteiger partial charge in [0.2, 0.25) is 0 Å². The van der Waals surface area contributed by atoms with E-state index in [9.17, 15) is 0 Å². The normalized spacial score (nSPS) is 12.6. The van der Waals surface area contributed by atoms with Gasteiger partial charge in [0.05, 0.1) is 6.04 Å². The number of hydrogen-bond donors (Lipinski definition) is 2. The Morgan fingerprint density at radius 1 is 1.17 bits per heavy atom. The molecule has 96 valence electrons. The zero-order valence-corrected chi connectivity index (χ0v) is 11.7. The highest BCUT2D eigenvalue weighted by atomic mass is 79.9. The maximum absolute atomic E-state index is 5.57. The third-order valence-corrected chi connectivity index (χ3v) is 3.37. The van der Waals surface area contributed by atoms with Crippen molar-refractivity contribution < 1.29 is 4.42 Å². The van der Waals surface area contributed by atoms with Crippen LogP contribution in [0.1, 0.15) is 30.2 Å². The Bertz CT molecular complexity index is 470. The molecule has 1 atom stereocenters. The summed E-state index contributed by atoms with van der Waals surface area (Å²) in [4.78, 5) is 0. The molecule has 0 aliphatic heterocycles. The molecule has 1 aromatic heterocycles. The minimum absolute atomic E-state index is 0.0695. The summed E-state index contributed by atoms with van der Waals surface area (Å²) >= 11 is 3.30. The predicted molar refractivity (Wildman–Crippen MR) is 75.9 cm³/mol. The fourth-order valence-corrected chi connectivity index (χ4v) is 2.30. The van der Waals surface area contributed by atoms with Crippen LogP contribution in [0.3, 0.4) is 0 Å². The molecule has 0 fully saturated rings. The van der Waals surface area contributed by atoms with Crippen LogP contribution in [0.5, 0.6) is 0 Å². The van der Waals surface area contributed by atoms with E-state index in [0.717, 1.165) is 29.7 Å². The van der Waals surface area contributed by atoms with Crippen molar-refractivity contribution in [3.63, 3.8) is 0 Å². The van der Waals surface area contributed by atoms with Crippen molar-refractivity contribution in [2.24, 2.45) is 5.84 Å². The van der Waals surface area contributed by atoms with Crippen molar-refractivity contribution in [1.82, 2.24) is 5.43 Å². The second-order valence-electron chi connectivity index (χ2n) is 4.24. The van der Waals surface area contributed by atoms with Gasteiger partial charge in [0.15, 0.2) is 4.67 Å². The van der Waals surface area contributed by atoms with E-state index in [2.05, 4.69) is 45.6 Å². The summed E-state index contributed by atoms with van der Waals surface area (Å²) in [6.45, 7) is 0. The molecule has 1 aromatic carbocycles. The number of hydrogen-bond acceptors (Lipinski definition) is 3. The molecule has 2 rings (SSSR count). The molecule has 0 aliphatic carbocycles. The van der Waals surface area contributed by atoms with Gasteiger partial charge in [0.1, 0.15) is 5.76 Å². The second kappa shape index (κ2) is 6.73. The fourth-order valence-electron chi connectivity index (χ4n) is 1.98. The minimum Gasteiger partial charge on any atom is -0.453 e. The summed E-state index contributed by atoms with van der Waals surface area (Å²) in [6.07, 6.45) is 3.07. The Kier molecular flexibility index (Phi) is 4.99. The highest BCUT2D eigenvalue weighted by Crippen LogP contribution is 2.23. The first-order valence-corrected chi connectivity index (χ1v) is 6.84. The van der Waals surface area contributed by atoms with Crippen molar-refractivity contribution in [3.05, 3.63) is 58.5 Å². The summed E-state index contributed by atoms with van der Waals surface area (Å²) in [7, 11) is 0. The van der Waals surface area contributed by atoms with E-state index in [1.165, 1.54) is 5.56 Å². The van der Waals surface area contributed by atoms with Gasteiger partial charge in [0.25, 0.3) is 0 Å². The van der Waals surface area contributed by atoms with E-state index in [1.54, 1.807) is 0 Å². The quantitative estimate of drug-likeness (QED) is 0.633. The zero-order chi connectivity index (χ0) is 12.8. The molecule has 0 aliphatic rings. The van der Waals surface area contributed by atoms with E-state index in [1.807, 2.05) is 18.2 Å². The second-order valence-corrected chi connectivity index (χ2v) is 5.02. The van der Waals surface area contributed by atoms with Gasteiger partial charge in [-0.15, -0.1) is 0 Å². The number of halogens is 1. The number of hydrazine groups is 1. The minimum atomic E-state index is 0.0695. The summed E-state index contributed by atoms with van der Waals surface area (Å²) in [5, 5.41) is 0. The standard InChI is InChI=1S/C14H17BrN2O/c15-14-10-9-13(18-14)12(17-16)8-4-7-11-5-2-1-3-6-11/h1-3,5-6,9-10,12,17H,4,7-8,16H2. The third-order valence-electron chi connectivity index (χ3n) is 2.94. The molecule has 0 radical (unpaired) electrons. The molecule has 0 saturated heterocycles. The van der Waals surface area contributed by atoms with E-state index >= 15 is 0 Å². The van der Waals surface area contributed by atoms with Crippen LogP contribution in [0.15, 0.2) is 51.6 Å². The number of rotatable bonds is 6. The first-order chi connectivity index (χ1) is 8.79. The van der Waals surface area contributed by atoms with Crippen molar-refractivity contribution in [3.8, 4) is 0 Å². The van der Waals surface area contributed by atoms with Crippen LogP contribution in [0, 0.1) is 0 Å². The van der Waals surface area contributed by atoms with Crippen LogP contribution in [-0.4, -0.2) is 0 Å². The topological polar surface area (TPSA) is 51.2 Å². The van der Waals surface area contributed by atoms with Crippen LogP contribution >= 0.6 is 15.9 Å². The molecule has 1 heterocycles. The maximum atomic E-state index is 5.57. The largest absolute Gasteiger partial charge is 0.453 e. The van der Waals surface area contributed by atoms with Crippen molar-refractivity contribution >= 4 is 15.9 Å². The lowest BCUT2D eigenvalue weighted by molar-refractivity contribution is 0.385. The molecule has 0 saturated carbocycles. The van der Waals surface area contributed by atoms with Gasteiger partial charge in [-0.3, -0.25) is 5.84 Å². The van der Waals surface area contributed by atoms with Crippen molar-refractivity contribution in [2.75, 3.05) is 0 Å².